The molecular formula is C31H51N3O21. The summed E-state index contributed by atoms with van der Waals surface area (Å²) in [6.07, 6.45) is -24.1. The van der Waals surface area contributed by atoms with Crippen molar-refractivity contribution < 1.29 is 104 Å². The number of nitrogens with one attached hydrogen (secondary N) is 2. The van der Waals surface area contributed by atoms with Crippen LogP contribution in [0.15, 0.2) is 0 Å². The van der Waals surface area contributed by atoms with Crippen LogP contribution in [0.1, 0.15) is 38.5 Å². The number of carbonyl (C=O) groups excluding carboxylic acids is 4. The van der Waals surface area contributed by atoms with Gasteiger partial charge >= 0.3 is 12.0 Å². The van der Waals surface area contributed by atoms with Crippen LogP contribution in [0.5, 0.6) is 0 Å². The zero-order valence-electron chi connectivity index (χ0n) is 29.6. The number of nitrogens with zero attached hydrogens (tertiary/aromatic N) is 1. The molecule has 4 saturated heterocycles. The second kappa shape index (κ2) is 21.1. The van der Waals surface area contributed by atoms with Gasteiger partial charge in [0.25, 0.3) is 11.8 Å². The van der Waals surface area contributed by atoms with Crippen molar-refractivity contribution in [2.24, 2.45) is 0 Å². The number of rotatable bonds is 18. The van der Waals surface area contributed by atoms with Crippen LogP contribution in [0.2, 0.25) is 0 Å². The predicted molar refractivity (Wildman–Crippen MR) is 172 cm³/mol. The second-order valence-electron chi connectivity index (χ2n) is 13.3. The zero-order valence-corrected chi connectivity index (χ0v) is 29.6. The zero-order chi connectivity index (χ0) is 40.4. The third-order valence-electron chi connectivity index (χ3n) is 9.27. The first-order chi connectivity index (χ1) is 26.2. The summed E-state index contributed by atoms with van der Waals surface area (Å²) < 4.78 is 33.1. The number of hydroxylamine groups is 2. The number of carbonyl (C=O) groups is 4. The lowest BCUT2D eigenvalue weighted by Crippen LogP contribution is -2.65. The van der Waals surface area contributed by atoms with Crippen molar-refractivity contribution >= 4 is 23.8 Å². The van der Waals surface area contributed by atoms with Gasteiger partial charge in [0.1, 0.15) is 73.2 Å². The van der Waals surface area contributed by atoms with Crippen molar-refractivity contribution in [2.75, 3.05) is 39.5 Å². The van der Waals surface area contributed by atoms with E-state index in [2.05, 4.69) is 10.6 Å². The average molecular weight is 802 g/mol. The maximum absolute atomic E-state index is 12.3. The Balaban J connectivity index is 1.26. The highest BCUT2D eigenvalue weighted by Gasteiger charge is 2.52. The number of hydrogen-bond donors (Lipinski definition) is 12. The van der Waals surface area contributed by atoms with Crippen LogP contribution in [-0.2, 0) is 47.6 Å². The quantitative estimate of drug-likeness (QED) is 0.0452. The smallest absolute Gasteiger partial charge is 0.333 e. The molecule has 15 atom stereocenters. The van der Waals surface area contributed by atoms with Crippen LogP contribution >= 0.6 is 0 Å². The highest BCUT2D eigenvalue weighted by molar-refractivity contribution is 6.01. The van der Waals surface area contributed by atoms with E-state index in [4.69, 9.17) is 33.3 Å². The Kier molecular flexibility index (Phi) is 17.3. The fourth-order valence-electron chi connectivity index (χ4n) is 6.05. The molecule has 4 heterocycles. The number of ether oxygens (including phenoxy) is 6. The van der Waals surface area contributed by atoms with Gasteiger partial charge in [0.15, 0.2) is 18.9 Å². The molecule has 0 aromatic rings. The van der Waals surface area contributed by atoms with Gasteiger partial charge in [-0.15, -0.1) is 5.06 Å². The molecule has 0 saturated carbocycles. The van der Waals surface area contributed by atoms with Gasteiger partial charge in [0.2, 0.25) is 0 Å². The molecule has 316 valence electrons. The minimum atomic E-state index is -1.92. The normalized spacial score (nSPS) is 38.2. The molecule has 0 unspecified atom stereocenters. The summed E-state index contributed by atoms with van der Waals surface area (Å²) in [5, 5.41) is 108. The van der Waals surface area contributed by atoms with Crippen LogP contribution in [-0.4, -0.2) is 212 Å². The first-order valence-electron chi connectivity index (χ1n) is 17.8. The van der Waals surface area contributed by atoms with Gasteiger partial charge < -0.3 is 95.0 Å². The minimum Gasteiger partial charge on any atom is -0.394 e. The summed E-state index contributed by atoms with van der Waals surface area (Å²) >= 11 is 0. The fourth-order valence-corrected chi connectivity index (χ4v) is 6.05. The van der Waals surface area contributed by atoms with Crippen molar-refractivity contribution in [2.45, 2.75) is 131 Å². The van der Waals surface area contributed by atoms with E-state index in [1.54, 1.807) is 0 Å². The SMILES string of the molecule is O=C(NCCCCCC(=O)ON1C(=O)CCC1=O)NCCO[C@@H]1O[C@H](CO[C@H]2O[C@H](CO)[C@@H](O)[C@H](O)[C@@H]2O)[C@@H](O)[C@H](O[C@H]2O[C@H](CO)[C@@H](O)[C@H](O)[C@@H]2O)[C@@H]1O. The van der Waals surface area contributed by atoms with Gasteiger partial charge in [0, 0.05) is 32.4 Å². The standard InChI is InChI=1S/C31H51N3O21/c35-10-13-19(40)22(43)24(45)28(51-13)50-12-15-21(42)27(54-30-25(46)23(44)20(41)14(11-36)52-30)26(47)29(53-15)49-9-8-33-31(48)32-7-3-1-2-4-18(39)55-34-16(37)5-6-17(34)38/h13-15,19-30,35-36,40-47H,1-12H2,(H2,32,33,48)/t13-,14-,15-,19-,20-,21-,22+,23+,24+,25+,26+,27+,28+,29-,30-/m1/s1. The van der Waals surface area contributed by atoms with Crippen LogP contribution in [0.4, 0.5) is 4.79 Å². The lowest BCUT2D eigenvalue weighted by atomic mass is 9.96. The Labute approximate surface area is 313 Å². The third-order valence-corrected chi connectivity index (χ3v) is 9.27. The Morgan fingerprint density at radius 2 is 1.18 bits per heavy atom. The molecule has 0 aromatic heterocycles. The van der Waals surface area contributed by atoms with Gasteiger partial charge in [-0.25, -0.2) is 9.59 Å². The molecule has 24 nitrogen and oxygen atoms in total. The number of aliphatic hydroxyl groups excluding tert-OH is 10. The van der Waals surface area contributed by atoms with E-state index >= 15 is 0 Å². The number of amides is 4. The lowest BCUT2D eigenvalue weighted by molar-refractivity contribution is -0.365. The highest BCUT2D eigenvalue weighted by Crippen LogP contribution is 2.31. The van der Waals surface area contributed by atoms with Crippen molar-refractivity contribution in [3.63, 3.8) is 0 Å². The monoisotopic (exact) mass is 801 g/mol. The highest BCUT2D eigenvalue weighted by atomic mass is 16.8. The van der Waals surface area contributed by atoms with E-state index in [0.717, 1.165) is 0 Å². The molecule has 4 aliphatic rings. The number of imide groups is 1. The van der Waals surface area contributed by atoms with E-state index in [9.17, 15) is 70.2 Å². The maximum atomic E-state index is 12.3. The van der Waals surface area contributed by atoms with Gasteiger partial charge in [-0.2, -0.15) is 0 Å². The van der Waals surface area contributed by atoms with Crippen LogP contribution < -0.4 is 10.6 Å². The molecule has 24 heteroatoms. The largest absolute Gasteiger partial charge is 0.394 e. The topological polar surface area (TPSA) is 362 Å². The maximum Gasteiger partial charge on any atom is 0.333 e. The molecule has 0 aromatic carbocycles. The molecule has 4 fully saturated rings. The molecule has 0 radical (unpaired) electrons. The van der Waals surface area contributed by atoms with E-state index in [-0.39, 0.29) is 39.0 Å². The van der Waals surface area contributed by atoms with Gasteiger partial charge in [-0.3, -0.25) is 9.59 Å². The van der Waals surface area contributed by atoms with Gasteiger partial charge in [-0.05, 0) is 12.8 Å². The van der Waals surface area contributed by atoms with Gasteiger partial charge in [-0.1, -0.05) is 6.42 Å². The summed E-state index contributed by atoms with van der Waals surface area (Å²) in [7, 11) is 0. The van der Waals surface area contributed by atoms with Crippen LogP contribution in [0.3, 0.4) is 0 Å². The Morgan fingerprint density at radius 1 is 0.636 bits per heavy atom. The molecule has 12 N–H and O–H groups in total. The van der Waals surface area contributed by atoms with Crippen molar-refractivity contribution in [1.82, 2.24) is 15.7 Å². The second-order valence-corrected chi connectivity index (χ2v) is 13.3. The average Bonchev–Trinajstić information content (AvgIpc) is 3.48. The van der Waals surface area contributed by atoms with Gasteiger partial charge in [0.05, 0.1) is 26.4 Å². The summed E-state index contributed by atoms with van der Waals surface area (Å²) in [4.78, 5) is 52.0. The first kappa shape index (κ1) is 44.9. The fraction of sp³-hybridized carbons (Fsp3) is 0.871. The predicted octanol–water partition coefficient (Wildman–Crippen LogP) is -7.08. The van der Waals surface area contributed by atoms with Crippen LogP contribution in [0.25, 0.3) is 0 Å². The van der Waals surface area contributed by atoms with E-state index in [1.165, 1.54) is 0 Å². The number of aliphatic hydroxyl groups is 10. The van der Waals surface area contributed by atoms with E-state index < -0.39 is 136 Å². The first-order valence-corrected chi connectivity index (χ1v) is 17.8. The summed E-state index contributed by atoms with van der Waals surface area (Å²) in [6.45, 7) is -2.39. The molecule has 4 rings (SSSR count). The number of hydrogen-bond acceptors (Lipinski definition) is 21. The van der Waals surface area contributed by atoms with Crippen molar-refractivity contribution in [1.29, 1.82) is 0 Å². The van der Waals surface area contributed by atoms with E-state index in [1.807, 2.05) is 0 Å². The third kappa shape index (κ3) is 11.7. The Bertz CT molecular complexity index is 1250. The Hall–Kier alpha value is -2.76. The lowest BCUT2D eigenvalue weighted by Gasteiger charge is -2.46. The van der Waals surface area contributed by atoms with Crippen molar-refractivity contribution in [3.8, 4) is 0 Å². The molecular weight excluding hydrogens is 750 g/mol. The summed E-state index contributed by atoms with van der Waals surface area (Å²) in [5.41, 5.74) is 0. The molecule has 0 aliphatic carbocycles. The molecule has 0 bridgehead atoms. The minimum absolute atomic E-state index is 0.0105. The molecule has 55 heavy (non-hydrogen) atoms. The molecule has 0 spiro atoms. The molecule has 4 aliphatic heterocycles. The van der Waals surface area contributed by atoms with Crippen LogP contribution in [0, 0.1) is 0 Å². The summed E-state index contributed by atoms with van der Waals surface area (Å²) in [5.74, 6) is -1.88. The Morgan fingerprint density at radius 3 is 1.80 bits per heavy atom. The molecule has 4 amide bonds. The number of urea groups is 1. The number of unbranched alkanes of at least 4 members (excludes halogenated alkanes) is 2. The summed E-state index contributed by atoms with van der Waals surface area (Å²) in [6, 6.07) is -0.593. The van der Waals surface area contributed by atoms with Crippen molar-refractivity contribution in [3.05, 3.63) is 0 Å². The van der Waals surface area contributed by atoms with E-state index in [0.29, 0.717) is 24.3 Å².